The van der Waals surface area contributed by atoms with E-state index in [9.17, 15) is 9.18 Å². The lowest BCUT2D eigenvalue weighted by molar-refractivity contribution is 0.0691. The Labute approximate surface area is 100 Å². The van der Waals surface area contributed by atoms with Crippen LogP contribution in [0.5, 0.6) is 5.75 Å². The van der Waals surface area contributed by atoms with Crippen molar-refractivity contribution in [3.63, 3.8) is 0 Å². The zero-order valence-electron chi connectivity index (χ0n) is 10.3. The summed E-state index contributed by atoms with van der Waals surface area (Å²) in [5.74, 6) is -0.845. The second kappa shape index (κ2) is 5.17. The first-order chi connectivity index (χ1) is 7.86. The SMILES string of the molecule is CC(C)(C)c1ccc(C(=O)O)c(OCCF)c1. The highest BCUT2D eigenvalue weighted by Crippen LogP contribution is 2.28. The molecule has 3 nitrogen and oxygen atoms in total. The van der Waals surface area contributed by atoms with Crippen LogP contribution in [0.3, 0.4) is 0 Å². The highest BCUT2D eigenvalue weighted by molar-refractivity contribution is 5.91. The smallest absolute Gasteiger partial charge is 0.339 e. The van der Waals surface area contributed by atoms with Crippen molar-refractivity contribution in [1.82, 2.24) is 0 Å². The predicted molar refractivity (Wildman–Crippen MR) is 63.6 cm³/mol. The molecular weight excluding hydrogens is 223 g/mol. The van der Waals surface area contributed by atoms with E-state index in [0.717, 1.165) is 5.56 Å². The summed E-state index contributed by atoms with van der Waals surface area (Å²) in [6.45, 7) is 5.28. The molecule has 0 bridgehead atoms. The van der Waals surface area contributed by atoms with Crippen LogP contribution in [0.2, 0.25) is 0 Å². The molecule has 94 valence electrons. The molecule has 0 aromatic heterocycles. The van der Waals surface area contributed by atoms with Gasteiger partial charge in [-0.1, -0.05) is 26.8 Å². The second-order valence-electron chi connectivity index (χ2n) is 4.80. The number of halogens is 1. The Morgan fingerprint density at radius 3 is 2.53 bits per heavy atom. The minimum atomic E-state index is -1.07. The molecule has 1 N–H and O–H groups in total. The van der Waals surface area contributed by atoms with Crippen LogP contribution in [0.25, 0.3) is 0 Å². The first-order valence-corrected chi connectivity index (χ1v) is 5.43. The number of alkyl halides is 1. The van der Waals surface area contributed by atoms with Gasteiger partial charge in [0.2, 0.25) is 0 Å². The molecule has 0 saturated heterocycles. The summed E-state index contributed by atoms with van der Waals surface area (Å²) in [6.07, 6.45) is 0. The number of aromatic carboxylic acids is 1. The van der Waals surface area contributed by atoms with E-state index < -0.39 is 12.6 Å². The van der Waals surface area contributed by atoms with E-state index in [4.69, 9.17) is 9.84 Å². The molecule has 0 saturated carbocycles. The largest absolute Gasteiger partial charge is 0.490 e. The highest BCUT2D eigenvalue weighted by atomic mass is 19.1. The van der Waals surface area contributed by atoms with Crippen LogP contribution in [0.1, 0.15) is 36.7 Å². The topological polar surface area (TPSA) is 46.5 Å². The molecule has 0 unspecified atom stereocenters. The van der Waals surface area contributed by atoms with E-state index in [1.54, 1.807) is 12.1 Å². The molecule has 0 amide bonds. The van der Waals surface area contributed by atoms with Crippen molar-refractivity contribution in [2.45, 2.75) is 26.2 Å². The van der Waals surface area contributed by atoms with Gasteiger partial charge in [-0.25, -0.2) is 9.18 Å². The maximum Gasteiger partial charge on any atom is 0.339 e. The molecule has 0 heterocycles. The maximum absolute atomic E-state index is 12.1. The number of benzene rings is 1. The number of hydrogen-bond acceptors (Lipinski definition) is 2. The van der Waals surface area contributed by atoms with Gasteiger partial charge in [-0.2, -0.15) is 0 Å². The molecule has 0 spiro atoms. The van der Waals surface area contributed by atoms with Gasteiger partial charge in [0.15, 0.2) is 0 Å². The van der Waals surface area contributed by atoms with Gasteiger partial charge >= 0.3 is 5.97 Å². The molecule has 0 aliphatic rings. The van der Waals surface area contributed by atoms with E-state index in [1.807, 2.05) is 20.8 Å². The Kier molecular flexibility index (Phi) is 4.10. The normalized spacial score (nSPS) is 11.3. The number of ether oxygens (including phenoxy) is 1. The first kappa shape index (κ1) is 13.5. The standard InChI is InChI=1S/C13H17FO3/c1-13(2,3)9-4-5-10(12(15)16)11(8-9)17-7-6-14/h4-5,8H,6-7H2,1-3H3,(H,15,16). The zero-order valence-corrected chi connectivity index (χ0v) is 10.3. The molecule has 4 heteroatoms. The van der Waals surface area contributed by atoms with Gasteiger partial charge in [0.1, 0.15) is 24.6 Å². The number of rotatable bonds is 4. The fraction of sp³-hybridized carbons (Fsp3) is 0.462. The Balaban J connectivity index is 3.14. The van der Waals surface area contributed by atoms with Crippen LogP contribution in [0, 0.1) is 0 Å². The van der Waals surface area contributed by atoms with Gasteiger partial charge in [-0.15, -0.1) is 0 Å². The predicted octanol–water partition coefficient (Wildman–Crippen LogP) is 3.03. The number of carboxylic acid groups (broad SMARTS) is 1. The van der Waals surface area contributed by atoms with Gasteiger partial charge in [-0.3, -0.25) is 0 Å². The van der Waals surface area contributed by atoms with Gasteiger partial charge < -0.3 is 9.84 Å². The summed E-state index contributed by atoms with van der Waals surface area (Å²) in [5, 5.41) is 8.98. The average molecular weight is 240 g/mol. The lowest BCUT2D eigenvalue weighted by Gasteiger charge is -2.20. The molecule has 1 rings (SSSR count). The number of carboxylic acids is 1. The number of hydrogen-bond donors (Lipinski definition) is 1. The van der Waals surface area contributed by atoms with Crippen molar-refractivity contribution < 1.29 is 19.0 Å². The van der Waals surface area contributed by atoms with E-state index in [2.05, 4.69) is 0 Å². The zero-order chi connectivity index (χ0) is 13.1. The van der Waals surface area contributed by atoms with Gasteiger partial charge in [0, 0.05) is 0 Å². The molecular formula is C13H17FO3. The van der Waals surface area contributed by atoms with E-state index in [1.165, 1.54) is 6.07 Å². The molecule has 1 aromatic carbocycles. The van der Waals surface area contributed by atoms with Crippen molar-refractivity contribution in [1.29, 1.82) is 0 Å². The molecule has 0 atom stereocenters. The fourth-order valence-corrected chi connectivity index (χ4v) is 1.43. The summed E-state index contributed by atoms with van der Waals surface area (Å²) in [4.78, 5) is 11.0. The van der Waals surface area contributed by atoms with Crippen LogP contribution in [-0.4, -0.2) is 24.4 Å². The van der Waals surface area contributed by atoms with Crippen molar-refractivity contribution in [2.24, 2.45) is 0 Å². The van der Waals surface area contributed by atoms with Crippen molar-refractivity contribution in [3.05, 3.63) is 29.3 Å². The second-order valence-corrected chi connectivity index (χ2v) is 4.80. The Hall–Kier alpha value is -1.58. The van der Waals surface area contributed by atoms with Crippen LogP contribution in [0.4, 0.5) is 4.39 Å². The van der Waals surface area contributed by atoms with E-state index in [-0.39, 0.29) is 23.3 Å². The Morgan fingerprint density at radius 2 is 2.06 bits per heavy atom. The minimum Gasteiger partial charge on any atom is -0.490 e. The Bertz CT molecular complexity index is 408. The van der Waals surface area contributed by atoms with Crippen molar-refractivity contribution in [3.8, 4) is 5.75 Å². The summed E-state index contributed by atoms with van der Waals surface area (Å²) >= 11 is 0. The number of carbonyl (C=O) groups is 1. The summed E-state index contributed by atoms with van der Waals surface area (Å²) in [6, 6.07) is 4.92. The third-order valence-electron chi connectivity index (χ3n) is 2.41. The lowest BCUT2D eigenvalue weighted by Crippen LogP contribution is -2.13. The first-order valence-electron chi connectivity index (χ1n) is 5.43. The van der Waals surface area contributed by atoms with Crippen LogP contribution < -0.4 is 4.74 Å². The van der Waals surface area contributed by atoms with Crippen LogP contribution in [-0.2, 0) is 5.41 Å². The highest BCUT2D eigenvalue weighted by Gasteiger charge is 2.18. The molecule has 0 aliphatic carbocycles. The van der Waals surface area contributed by atoms with Crippen molar-refractivity contribution in [2.75, 3.05) is 13.3 Å². The van der Waals surface area contributed by atoms with Gasteiger partial charge in [0.25, 0.3) is 0 Å². The monoisotopic (exact) mass is 240 g/mol. The average Bonchev–Trinajstić information content (AvgIpc) is 2.24. The lowest BCUT2D eigenvalue weighted by atomic mass is 9.86. The quantitative estimate of drug-likeness (QED) is 0.879. The van der Waals surface area contributed by atoms with Crippen molar-refractivity contribution >= 4 is 5.97 Å². The van der Waals surface area contributed by atoms with Crippen LogP contribution >= 0.6 is 0 Å². The molecule has 0 aliphatic heterocycles. The van der Waals surface area contributed by atoms with E-state index in [0.29, 0.717) is 0 Å². The van der Waals surface area contributed by atoms with Gasteiger partial charge in [0.05, 0.1) is 0 Å². The fourth-order valence-electron chi connectivity index (χ4n) is 1.43. The molecule has 1 aromatic rings. The molecule has 0 radical (unpaired) electrons. The molecule has 0 fully saturated rings. The maximum atomic E-state index is 12.1. The summed E-state index contributed by atoms with van der Waals surface area (Å²) in [5.41, 5.74) is 0.910. The summed E-state index contributed by atoms with van der Waals surface area (Å²) in [7, 11) is 0. The third kappa shape index (κ3) is 3.44. The molecule has 17 heavy (non-hydrogen) atoms. The Morgan fingerprint density at radius 1 is 1.41 bits per heavy atom. The van der Waals surface area contributed by atoms with E-state index >= 15 is 0 Å². The minimum absolute atomic E-state index is 0.0615. The third-order valence-corrected chi connectivity index (χ3v) is 2.41. The van der Waals surface area contributed by atoms with Crippen LogP contribution in [0.15, 0.2) is 18.2 Å². The summed E-state index contributed by atoms with van der Waals surface area (Å²) < 4.78 is 17.2. The van der Waals surface area contributed by atoms with Gasteiger partial charge in [-0.05, 0) is 23.1 Å².